The molecule has 0 atom stereocenters. The van der Waals surface area contributed by atoms with Gasteiger partial charge in [0.15, 0.2) is 0 Å². The van der Waals surface area contributed by atoms with Gasteiger partial charge in [0, 0.05) is 17.7 Å². The molecular formula is C23H23NO3. The summed E-state index contributed by atoms with van der Waals surface area (Å²) in [5.41, 5.74) is 3.50. The van der Waals surface area contributed by atoms with Crippen molar-refractivity contribution in [2.45, 2.75) is 6.42 Å². The molecule has 0 spiro atoms. The van der Waals surface area contributed by atoms with Crippen LogP contribution in [0.15, 0.2) is 77.8 Å². The number of ether oxygens (including phenoxy) is 2. The van der Waals surface area contributed by atoms with Crippen molar-refractivity contribution < 1.29 is 14.6 Å². The molecule has 138 valence electrons. The first kappa shape index (κ1) is 18.5. The Labute approximate surface area is 159 Å². The predicted molar refractivity (Wildman–Crippen MR) is 108 cm³/mol. The van der Waals surface area contributed by atoms with Crippen LogP contribution in [0.5, 0.6) is 17.2 Å². The number of hydrogen-bond donors (Lipinski definition) is 1. The summed E-state index contributed by atoms with van der Waals surface area (Å²) in [4.78, 5) is 4.81. The molecule has 0 aliphatic heterocycles. The van der Waals surface area contributed by atoms with Gasteiger partial charge in [-0.1, -0.05) is 42.5 Å². The Morgan fingerprint density at radius 3 is 2.33 bits per heavy atom. The van der Waals surface area contributed by atoms with E-state index in [0.717, 1.165) is 33.9 Å². The van der Waals surface area contributed by atoms with Gasteiger partial charge in [-0.05, 0) is 42.3 Å². The van der Waals surface area contributed by atoms with Crippen molar-refractivity contribution in [3.8, 4) is 17.2 Å². The molecule has 0 saturated heterocycles. The van der Waals surface area contributed by atoms with Gasteiger partial charge in [-0.15, -0.1) is 0 Å². The quantitative estimate of drug-likeness (QED) is 0.631. The van der Waals surface area contributed by atoms with Crippen molar-refractivity contribution >= 4 is 5.71 Å². The third-order valence-corrected chi connectivity index (χ3v) is 4.35. The van der Waals surface area contributed by atoms with Crippen molar-refractivity contribution in [2.24, 2.45) is 4.99 Å². The number of benzene rings is 3. The summed E-state index contributed by atoms with van der Waals surface area (Å²) in [6.07, 6.45) is 0.699. The Balaban J connectivity index is 1.91. The van der Waals surface area contributed by atoms with E-state index < -0.39 is 0 Å². The number of aliphatic imine (C=N–C) groups is 1. The molecule has 0 aliphatic rings. The summed E-state index contributed by atoms with van der Waals surface area (Å²) < 4.78 is 10.8. The van der Waals surface area contributed by atoms with E-state index in [2.05, 4.69) is 0 Å². The highest BCUT2D eigenvalue weighted by molar-refractivity contribution is 6.14. The van der Waals surface area contributed by atoms with E-state index in [-0.39, 0.29) is 5.75 Å². The van der Waals surface area contributed by atoms with Crippen molar-refractivity contribution in [3.63, 3.8) is 0 Å². The molecule has 0 fully saturated rings. The molecule has 0 saturated carbocycles. The van der Waals surface area contributed by atoms with Gasteiger partial charge >= 0.3 is 0 Å². The highest BCUT2D eigenvalue weighted by Gasteiger charge is 2.11. The Morgan fingerprint density at radius 2 is 1.63 bits per heavy atom. The molecule has 0 amide bonds. The number of hydrogen-bond acceptors (Lipinski definition) is 4. The zero-order chi connectivity index (χ0) is 19.1. The average Bonchev–Trinajstić information content (AvgIpc) is 2.72. The summed E-state index contributed by atoms with van der Waals surface area (Å²) >= 11 is 0. The number of methoxy groups -OCH3 is 2. The second-order valence-electron chi connectivity index (χ2n) is 6.04. The Morgan fingerprint density at radius 1 is 0.889 bits per heavy atom. The van der Waals surface area contributed by atoms with Gasteiger partial charge in [0.25, 0.3) is 0 Å². The predicted octanol–water partition coefficient (Wildman–Crippen LogP) is 4.49. The van der Waals surface area contributed by atoms with E-state index in [4.69, 9.17) is 14.5 Å². The van der Waals surface area contributed by atoms with Crippen LogP contribution in [0.4, 0.5) is 0 Å². The Hall–Kier alpha value is -3.27. The standard InChI is InChI=1S/C23H23NO3/c1-26-19-12-13-22(27-2)18(16-19)14-15-24-23(17-8-4-3-5-9-17)20-10-6-7-11-21(20)25/h3-13,16,25H,14-15H2,1-2H3. The average molecular weight is 361 g/mol. The third kappa shape index (κ3) is 4.47. The molecule has 27 heavy (non-hydrogen) atoms. The molecule has 3 aromatic rings. The number of para-hydroxylation sites is 1. The fourth-order valence-corrected chi connectivity index (χ4v) is 2.97. The molecule has 1 N–H and O–H groups in total. The van der Waals surface area contributed by atoms with Crippen LogP contribution in [0, 0.1) is 0 Å². The van der Waals surface area contributed by atoms with Gasteiger partial charge < -0.3 is 14.6 Å². The van der Waals surface area contributed by atoms with Crippen molar-refractivity contribution in [3.05, 3.63) is 89.5 Å². The zero-order valence-electron chi connectivity index (χ0n) is 15.6. The van der Waals surface area contributed by atoms with Crippen molar-refractivity contribution in [1.82, 2.24) is 0 Å². The maximum absolute atomic E-state index is 10.3. The lowest BCUT2D eigenvalue weighted by molar-refractivity contribution is 0.399. The van der Waals surface area contributed by atoms with E-state index >= 15 is 0 Å². The normalized spacial score (nSPS) is 11.3. The summed E-state index contributed by atoms with van der Waals surface area (Å²) in [5.74, 6) is 1.83. The molecule has 3 rings (SSSR count). The summed E-state index contributed by atoms with van der Waals surface area (Å²) in [6.45, 7) is 0.558. The summed E-state index contributed by atoms with van der Waals surface area (Å²) in [6, 6.07) is 22.9. The molecule has 3 aromatic carbocycles. The van der Waals surface area contributed by atoms with Crippen molar-refractivity contribution in [2.75, 3.05) is 20.8 Å². The Kier molecular flexibility index (Phi) is 6.10. The molecule has 0 heterocycles. The van der Waals surface area contributed by atoms with Gasteiger partial charge in [-0.3, -0.25) is 4.99 Å². The van der Waals surface area contributed by atoms with Gasteiger partial charge in [0.05, 0.1) is 19.9 Å². The maximum atomic E-state index is 10.3. The highest BCUT2D eigenvalue weighted by Crippen LogP contribution is 2.25. The first-order valence-electron chi connectivity index (χ1n) is 8.82. The summed E-state index contributed by atoms with van der Waals surface area (Å²) in [7, 11) is 3.31. The fraction of sp³-hybridized carbons (Fsp3) is 0.174. The van der Waals surface area contributed by atoms with Crippen LogP contribution in [0.1, 0.15) is 16.7 Å². The molecule has 0 radical (unpaired) electrons. The number of rotatable bonds is 7. The molecule has 0 aliphatic carbocycles. The van der Waals surface area contributed by atoms with Crippen LogP contribution in [-0.4, -0.2) is 31.6 Å². The van der Waals surface area contributed by atoms with Crippen LogP contribution >= 0.6 is 0 Å². The molecular weight excluding hydrogens is 338 g/mol. The lowest BCUT2D eigenvalue weighted by Crippen LogP contribution is -2.06. The molecule has 0 unspecified atom stereocenters. The topological polar surface area (TPSA) is 51.0 Å². The van der Waals surface area contributed by atoms with Crippen LogP contribution in [0.3, 0.4) is 0 Å². The molecule has 4 heteroatoms. The number of aromatic hydroxyl groups is 1. The van der Waals surface area contributed by atoms with E-state index in [0.29, 0.717) is 13.0 Å². The maximum Gasteiger partial charge on any atom is 0.124 e. The monoisotopic (exact) mass is 361 g/mol. The number of nitrogens with zero attached hydrogens (tertiary/aromatic N) is 1. The van der Waals surface area contributed by atoms with Crippen LogP contribution < -0.4 is 9.47 Å². The van der Waals surface area contributed by atoms with E-state index in [1.807, 2.05) is 66.7 Å². The first-order valence-corrected chi connectivity index (χ1v) is 8.82. The SMILES string of the molecule is COc1ccc(OC)c(CCN=C(c2ccccc2)c2ccccc2O)c1. The zero-order valence-corrected chi connectivity index (χ0v) is 15.6. The van der Waals surface area contributed by atoms with Crippen LogP contribution in [0.25, 0.3) is 0 Å². The van der Waals surface area contributed by atoms with Gasteiger partial charge in [-0.2, -0.15) is 0 Å². The van der Waals surface area contributed by atoms with Gasteiger partial charge in [-0.25, -0.2) is 0 Å². The lowest BCUT2D eigenvalue weighted by Gasteiger charge is -2.11. The lowest BCUT2D eigenvalue weighted by atomic mass is 10.0. The minimum atomic E-state index is 0.221. The molecule has 0 aromatic heterocycles. The second kappa shape index (κ2) is 8.90. The fourth-order valence-electron chi connectivity index (χ4n) is 2.97. The largest absolute Gasteiger partial charge is 0.507 e. The summed E-state index contributed by atoms with van der Waals surface area (Å²) in [5, 5.41) is 10.3. The minimum absolute atomic E-state index is 0.221. The highest BCUT2D eigenvalue weighted by atomic mass is 16.5. The van der Waals surface area contributed by atoms with Crippen LogP contribution in [-0.2, 0) is 6.42 Å². The second-order valence-corrected chi connectivity index (χ2v) is 6.04. The van der Waals surface area contributed by atoms with Gasteiger partial charge in [0.2, 0.25) is 0 Å². The molecule has 0 bridgehead atoms. The molecule has 4 nitrogen and oxygen atoms in total. The first-order chi connectivity index (χ1) is 13.2. The van der Waals surface area contributed by atoms with E-state index in [1.54, 1.807) is 20.3 Å². The number of phenolic OH excluding ortho intramolecular Hbond substituents is 1. The third-order valence-electron chi connectivity index (χ3n) is 4.35. The van der Waals surface area contributed by atoms with Gasteiger partial charge in [0.1, 0.15) is 17.2 Å². The van der Waals surface area contributed by atoms with Crippen LogP contribution in [0.2, 0.25) is 0 Å². The Bertz CT molecular complexity index is 920. The van der Waals surface area contributed by atoms with E-state index in [9.17, 15) is 5.11 Å². The smallest absolute Gasteiger partial charge is 0.124 e. The van der Waals surface area contributed by atoms with Crippen molar-refractivity contribution in [1.29, 1.82) is 0 Å². The minimum Gasteiger partial charge on any atom is -0.507 e. The number of phenols is 1. The van der Waals surface area contributed by atoms with E-state index in [1.165, 1.54) is 0 Å².